The second-order valence-electron chi connectivity index (χ2n) is 4.70. The lowest BCUT2D eigenvalue weighted by Crippen LogP contribution is -2.31. The molecule has 0 spiro atoms. The van der Waals surface area contributed by atoms with Gasteiger partial charge in [0.05, 0.1) is 17.1 Å². The number of likely N-dealkylation sites (tertiary alicyclic amines) is 1. The summed E-state index contributed by atoms with van der Waals surface area (Å²) in [6, 6.07) is 4.90. The number of carbonyl (C=O) groups is 1. The van der Waals surface area contributed by atoms with Crippen LogP contribution < -0.4 is 4.74 Å². The molecule has 1 aliphatic heterocycles. The third kappa shape index (κ3) is 3.31. The number of benzene rings is 1. The third-order valence-corrected chi connectivity index (χ3v) is 4.48. The maximum atomic E-state index is 12.5. The van der Waals surface area contributed by atoms with Crippen LogP contribution >= 0.6 is 34.5 Å². The van der Waals surface area contributed by atoms with Gasteiger partial charge in [-0.3, -0.25) is 4.79 Å². The Labute approximate surface area is 136 Å². The van der Waals surface area contributed by atoms with E-state index < -0.39 is 0 Å². The lowest BCUT2D eigenvalue weighted by molar-refractivity contribution is 0.0772. The fraction of sp³-hybridized carbons (Fsp3) is 0.286. The molecular weight excluding hydrogens is 331 g/mol. The highest BCUT2D eigenvalue weighted by molar-refractivity contribution is 7.11. The van der Waals surface area contributed by atoms with Crippen molar-refractivity contribution < 1.29 is 9.53 Å². The van der Waals surface area contributed by atoms with Crippen molar-refractivity contribution in [3.05, 3.63) is 45.4 Å². The Morgan fingerprint density at radius 3 is 3.00 bits per heavy atom. The molecule has 0 N–H and O–H groups in total. The molecular formula is C14H12Cl2N2O2S. The van der Waals surface area contributed by atoms with Crippen molar-refractivity contribution in [2.75, 3.05) is 13.1 Å². The molecule has 1 saturated heterocycles. The predicted octanol–water partition coefficient (Wildman–Crippen LogP) is 3.74. The molecule has 2 heterocycles. The van der Waals surface area contributed by atoms with Gasteiger partial charge in [0.25, 0.3) is 11.1 Å². The topological polar surface area (TPSA) is 42.4 Å². The first-order valence-corrected chi connectivity index (χ1v) is 8.07. The molecule has 21 heavy (non-hydrogen) atoms. The van der Waals surface area contributed by atoms with Gasteiger partial charge in [0.2, 0.25) is 0 Å². The summed E-state index contributed by atoms with van der Waals surface area (Å²) in [5.41, 5.74) is 0.468. The number of hydrogen-bond donors (Lipinski definition) is 0. The first-order chi connectivity index (χ1) is 10.1. The normalized spacial score (nSPS) is 18.0. The molecule has 1 aliphatic rings. The van der Waals surface area contributed by atoms with Gasteiger partial charge in [-0.05, 0) is 18.2 Å². The third-order valence-electron chi connectivity index (χ3n) is 3.27. The second-order valence-corrected chi connectivity index (χ2v) is 6.40. The highest BCUT2D eigenvalue weighted by Gasteiger charge is 2.29. The monoisotopic (exact) mass is 342 g/mol. The predicted molar refractivity (Wildman–Crippen MR) is 83.5 cm³/mol. The number of halogens is 2. The van der Waals surface area contributed by atoms with E-state index in [1.54, 1.807) is 29.3 Å². The van der Waals surface area contributed by atoms with Crippen LogP contribution in [0.4, 0.5) is 0 Å². The molecule has 0 aliphatic carbocycles. The minimum absolute atomic E-state index is 0.0221. The molecule has 1 unspecified atom stereocenters. The minimum Gasteiger partial charge on any atom is -0.465 e. The van der Waals surface area contributed by atoms with Crippen LogP contribution in [0.2, 0.25) is 10.0 Å². The molecule has 1 atom stereocenters. The Kier molecular flexibility index (Phi) is 4.33. The first kappa shape index (κ1) is 14.6. The van der Waals surface area contributed by atoms with Crippen LogP contribution in [0, 0.1) is 0 Å². The van der Waals surface area contributed by atoms with E-state index >= 15 is 0 Å². The van der Waals surface area contributed by atoms with Gasteiger partial charge in [-0.1, -0.05) is 34.5 Å². The van der Waals surface area contributed by atoms with Crippen LogP contribution in [-0.2, 0) is 0 Å². The van der Waals surface area contributed by atoms with Crippen LogP contribution in [-0.4, -0.2) is 35.0 Å². The van der Waals surface area contributed by atoms with Crippen LogP contribution in [0.1, 0.15) is 16.8 Å². The van der Waals surface area contributed by atoms with Crippen molar-refractivity contribution in [2.45, 2.75) is 12.5 Å². The molecule has 0 radical (unpaired) electrons. The largest absolute Gasteiger partial charge is 0.465 e. The summed E-state index contributed by atoms with van der Waals surface area (Å²) in [6.07, 6.45) is 2.47. The van der Waals surface area contributed by atoms with Crippen LogP contribution in [0.25, 0.3) is 0 Å². The van der Waals surface area contributed by atoms with Crippen LogP contribution in [0.3, 0.4) is 0 Å². The van der Waals surface area contributed by atoms with E-state index in [2.05, 4.69) is 4.98 Å². The number of amides is 1. The van der Waals surface area contributed by atoms with E-state index in [4.69, 9.17) is 27.9 Å². The van der Waals surface area contributed by atoms with Gasteiger partial charge in [0.1, 0.15) is 6.10 Å². The zero-order valence-electron chi connectivity index (χ0n) is 11.0. The molecule has 1 fully saturated rings. The molecule has 2 aromatic rings. The molecule has 1 aromatic carbocycles. The zero-order chi connectivity index (χ0) is 14.8. The molecule has 7 heteroatoms. The van der Waals surface area contributed by atoms with E-state index in [1.807, 2.05) is 5.38 Å². The molecule has 0 bridgehead atoms. The van der Waals surface area contributed by atoms with Crippen molar-refractivity contribution in [1.29, 1.82) is 0 Å². The van der Waals surface area contributed by atoms with E-state index in [0.717, 1.165) is 6.42 Å². The van der Waals surface area contributed by atoms with E-state index in [0.29, 0.717) is 33.9 Å². The quantitative estimate of drug-likeness (QED) is 0.853. The lowest BCUT2D eigenvalue weighted by Gasteiger charge is -2.17. The van der Waals surface area contributed by atoms with E-state index in [-0.39, 0.29) is 12.0 Å². The Bertz CT molecular complexity index is 648. The summed E-state index contributed by atoms with van der Waals surface area (Å²) >= 11 is 13.4. The number of nitrogens with zero attached hydrogens (tertiary/aromatic N) is 2. The summed E-state index contributed by atoms with van der Waals surface area (Å²) < 4.78 is 5.74. The highest BCUT2D eigenvalue weighted by atomic mass is 35.5. The lowest BCUT2D eigenvalue weighted by atomic mass is 10.2. The van der Waals surface area contributed by atoms with Crippen molar-refractivity contribution in [2.24, 2.45) is 0 Å². The van der Waals surface area contributed by atoms with Crippen molar-refractivity contribution in [3.63, 3.8) is 0 Å². The molecule has 1 aromatic heterocycles. The number of ether oxygens (including phenoxy) is 1. The summed E-state index contributed by atoms with van der Waals surface area (Å²) in [5, 5.41) is 3.39. The Hall–Kier alpha value is -1.30. The standard InChI is InChI=1S/C14H12Cl2N2O2S/c15-9-1-2-11(12(16)7-9)13(19)18-5-3-10(8-18)20-14-17-4-6-21-14/h1-2,4,6-7,10H,3,5,8H2. The van der Waals surface area contributed by atoms with Gasteiger partial charge < -0.3 is 9.64 Å². The smallest absolute Gasteiger partial charge is 0.273 e. The SMILES string of the molecule is O=C(c1ccc(Cl)cc1Cl)N1CCC(Oc2nccs2)C1. The zero-order valence-corrected chi connectivity index (χ0v) is 13.3. The van der Waals surface area contributed by atoms with Gasteiger partial charge in [0.15, 0.2) is 0 Å². The van der Waals surface area contributed by atoms with Crippen molar-refractivity contribution >= 4 is 40.4 Å². The molecule has 110 valence electrons. The number of aromatic nitrogens is 1. The molecule has 3 rings (SSSR count). The van der Waals surface area contributed by atoms with Crippen molar-refractivity contribution in [3.8, 4) is 5.19 Å². The fourth-order valence-corrected chi connectivity index (χ4v) is 3.29. The Balaban J connectivity index is 1.66. The number of hydrogen-bond acceptors (Lipinski definition) is 4. The van der Waals surface area contributed by atoms with E-state index in [1.165, 1.54) is 11.3 Å². The van der Waals surface area contributed by atoms with Gasteiger partial charge in [-0.25, -0.2) is 4.98 Å². The van der Waals surface area contributed by atoms with Gasteiger partial charge in [-0.2, -0.15) is 0 Å². The summed E-state index contributed by atoms with van der Waals surface area (Å²) in [7, 11) is 0. The molecule has 4 nitrogen and oxygen atoms in total. The number of carbonyl (C=O) groups excluding carboxylic acids is 1. The minimum atomic E-state index is -0.0955. The maximum Gasteiger partial charge on any atom is 0.273 e. The van der Waals surface area contributed by atoms with E-state index in [9.17, 15) is 4.79 Å². The first-order valence-electron chi connectivity index (χ1n) is 6.44. The average molecular weight is 343 g/mol. The van der Waals surface area contributed by atoms with Crippen molar-refractivity contribution in [1.82, 2.24) is 9.88 Å². The molecule has 0 saturated carbocycles. The Morgan fingerprint density at radius 1 is 1.43 bits per heavy atom. The Morgan fingerprint density at radius 2 is 2.29 bits per heavy atom. The molecule has 1 amide bonds. The average Bonchev–Trinajstić information content (AvgIpc) is 3.10. The number of rotatable bonds is 3. The number of thiazole rings is 1. The fourth-order valence-electron chi connectivity index (χ4n) is 2.25. The van der Waals surface area contributed by atoms with Gasteiger partial charge in [0, 0.05) is 29.6 Å². The second kappa shape index (κ2) is 6.22. The van der Waals surface area contributed by atoms with Gasteiger partial charge in [-0.15, -0.1) is 0 Å². The van der Waals surface area contributed by atoms with Crippen LogP contribution in [0.15, 0.2) is 29.8 Å². The summed E-state index contributed by atoms with van der Waals surface area (Å²) in [4.78, 5) is 18.3. The maximum absolute atomic E-state index is 12.5. The summed E-state index contributed by atoms with van der Waals surface area (Å²) in [6.45, 7) is 1.19. The summed E-state index contributed by atoms with van der Waals surface area (Å²) in [5.74, 6) is -0.0955. The van der Waals surface area contributed by atoms with Crippen LogP contribution in [0.5, 0.6) is 5.19 Å². The highest BCUT2D eigenvalue weighted by Crippen LogP contribution is 2.25. The van der Waals surface area contributed by atoms with Gasteiger partial charge >= 0.3 is 0 Å².